The summed E-state index contributed by atoms with van der Waals surface area (Å²) in [5.74, 6) is -0.961. The number of amides is 2. The molecule has 0 aliphatic carbocycles. The Morgan fingerprint density at radius 2 is 1.93 bits per heavy atom. The number of H-pyrrole nitrogens is 1. The van der Waals surface area contributed by atoms with Gasteiger partial charge in [-0.3, -0.25) is 14.7 Å². The molecule has 0 saturated carbocycles. The molecule has 5 rings (SSSR count). The molecule has 2 aromatic carbocycles. The minimum Gasteiger partial charge on any atom is -0.386 e. The van der Waals surface area contributed by atoms with E-state index >= 15 is 4.39 Å². The maximum atomic E-state index is 15.3. The lowest BCUT2D eigenvalue weighted by Gasteiger charge is -2.18. The van der Waals surface area contributed by atoms with Crippen molar-refractivity contribution < 1.29 is 23.5 Å². The number of benzene rings is 2. The highest BCUT2D eigenvalue weighted by molar-refractivity contribution is 6.01. The van der Waals surface area contributed by atoms with Crippen molar-refractivity contribution in [3.05, 3.63) is 77.0 Å². The lowest BCUT2D eigenvalue weighted by atomic mass is 9.97. The molecule has 0 unspecified atom stereocenters. The van der Waals surface area contributed by atoms with Gasteiger partial charge in [-0.2, -0.15) is 5.10 Å². The molecule has 2 amide bonds. The summed E-state index contributed by atoms with van der Waals surface area (Å²) in [4.78, 5) is 33.0. The Morgan fingerprint density at radius 3 is 2.62 bits per heavy atom. The fraction of sp³-hybridized carbons (Fsp3) is 0.355. The van der Waals surface area contributed by atoms with E-state index in [-0.39, 0.29) is 29.5 Å². The molecule has 1 saturated heterocycles. The Kier molecular flexibility index (Phi) is 7.96. The molecule has 9 nitrogen and oxygen atoms in total. The Balaban J connectivity index is 1.33. The number of fused-ring (bicyclic) bond motifs is 1. The minimum atomic E-state index is -1.25. The predicted molar refractivity (Wildman–Crippen MR) is 156 cm³/mol. The lowest BCUT2D eigenvalue weighted by molar-refractivity contribution is -0.129. The third kappa shape index (κ3) is 5.96. The van der Waals surface area contributed by atoms with Crippen LogP contribution in [0.15, 0.2) is 48.7 Å². The van der Waals surface area contributed by atoms with Crippen LogP contribution < -0.4 is 10.2 Å². The van der Waals surface area contributed by atoms with E-state index in [9.17, 15) is 19.1 Å². The van der Waals surface area contributed by atoms with Gasteiger partial charge >= 0.3 is 0 Å². The first-order valence-corrected chi connectivity index (χ1v) is 13.8. The topological polar surface area (TPSA) is 114 Å². The number of halogens is 2. The van der Waals surface area contributed by atoms with Crippen LogP contribution in [0.2, 0.25) is 0 Å². The number of rotatable bonds is 8. The monoisotopic (exact) mass is 576 g/mol. The second-order valence-corrected chi connectivity index (χ2v) is 11.5. The molecule has 3 N–H and O–H groups in total. The first kappa shape index (κ1) is 29.1. The molecule has 0 spiro atoms. The number of pyridine rings is 1. The summed E-state index contributed by atoms with van der Waals surface area (Å²) in [6, 6.07) is 10.5. The molecule has 0 radical (unpaired) electrons. The Bertz CT molecular complexity index is 1650. The normalized spacial score (nSPS) is 15.3. The van der Waals surface area contributed by atoms with E-state index < -0.39 is 23.1 Å². The fourth-order valence-corrected chi connectivity index (χ4v) is 5.23. The van der Waals surface area contributed by atoms with Crippen molar-refractivity contribution >= 4 is 28.7 Å². The van der Waals surface area contributed by atoms with Crippen molar-refractivity contribution in [2.45, 2.75) is 38.8 Å². The van der Waals surface area contributed by atoms with Crippen LogP contribution in [-0.4, -0.2) is 64.2 Å². The van der Waals surface area contributed by atoms with Crippen LogP contribution in [-0.2, 0) is 16.9 Å². The van der Waals surface area contributed by atoms with Gasteiger partial charge in [0, 0.05) is 51.9 Å². The number of aromatic nitrogens is 3. The zero-order valence-corrected chi connectivity index (χ0v) is 24.0. The molecule has 0 bridgehead atoms. The average Bonchev–Trinajstić information content (AvgIpc) is 3.58. The fourth-order valence-electron chi connectivity index (χ4n) is 5.23. The summed E-state index contributed by atoms with van der Waals surface area (Å²) in [5.41, 5.74) is 1.08. The van der Waals surface area contributed by atoms with Gasteiger partial charge in [-0.1, -0.05) is 18.2 Å². The smallest absolute Gasteiger partial charge is 0.254 e. The molecule has 4 aromatic rings. The van der Waals surface area contributed by atoms with Gasteiger partial charge in [-0.15, -0.1) is 0 Å². The molecule has 1 aliphatic heterocycles. The van der Waals surface area contributed by atoms with Gasteiger partial charge in [0.2, 0.25) is 5.91 Å². The highest BCUT2D eigenvalue weighted by Crippen LogP contribution is 2.36. The van der Waals surface area contributed by atoms with Crippen molar-refractivity contribution in [3.8, 4) is 11.1 Å². The molecule has 11 heteroatoms. The number of anilines is 1. The summed E-state index contributed by atoms with van der Waals surface area (Å²) < 4.78 is 29.8. The molecule has 1 fully saturated rings. The number of carbonyl (C=O) groups excluding carboxylic acids is 2. The van der Waals surface area contributed by atoms with Gasteiger partial charge < -0.3 is 20.2 Å². The molecule has 3 heterocycles. The van der Waals surface area contributed by atoms with Crippen LogP contribution in [0.1, 0.15) is 48.2 Å². The second kappa shape index (κ2) is 11.5. The Morgan fingerprint density at radius 1 is 1.14 bits per heavy atom. The predicted octanol–water partition coefficient (Wildman–Crippen LogP) is 4.37. The van der Waals surface area contributed by atoms with Crippen LogP contribution in [0.5, 0.6) is 0 Å². The number of nitrogens with zero attached hydrogens (tertiary/aromatic N) is 4. The van der Waals surface area contributed by atoms with E-state index in [1.807, 2.05) is 0 Å². The van der Waals surface area contributed by atoms with E-state index in [0.717, 1.165) is 30.0 Å². The van der Waals surface area contributed by atoms with Crippen LogP contribution in [0.25, 0.3) is 22.2 Å². The van der Waals surface area contributed by atoms with Crippen LogP contribution >= 0.6 is 0 Å². The lowest BCUT2D eigenvalue weighted by Crippen LogP contribution is -2.26. The van der Waals surface area contributed by atoms with Crippen molar-refractivity contribution in [2.24, 2.45) is 5.92 Å². The maximum absolute atomic E-state index is 15.3. The van der Waals surface area contributed by atoms with E-state index in [0.29, 0.717) is 35.6 Å². The number of aromatic amines is 1. The molecule has 1 atom stereocenters. The quantitative estimate of drug-likeness (QED) is 0.287. The largest absolute Gasteiger partial charge is 0.386 e. The van der Waals surface area contributed by atoms with Crippen molar-refractivity contribution in [2.75, 3.05) is 32.1 Å². The summed E-state index contributed by atoms with van der Waals surface area (Å²) in [6.45, 7) is 4.34. The van der Waals surface area contributed by atoms with E-state index in [4.69, 9.17) is 0 Å². The van der Waals surface area contributed by atoms with Gasteiger partial charge in [-0.25, -0.2) is 13.8 Å². The van der Waals surface area contributed by atoms with Crippen LogP contribution in [0.4, 0.5) is 14.6 Å². The number of hydrogen-bond donors (Lipinski definition) is 3. The summed E-state index contributed by atoms with van der Waals surface area (Å²) in [5, 5.41) is 20.9. The van der Waals surface area contributed by atoms with Gasteiger partial charge in [0.15, 0.2) is 11.5 Å². The molecular formula is C31H34F2N6O3. The zero-order chi connectivity index (χ0) is 30.2. The third-order valence-electron chi connectivity index (χ3n) is 7.71. The zero-order valence-electron chi connectivity index (χ0n) is 24.0. The minimum absolute atomic E-state index is 0.0941. The van der Waals surface area contributed by atoms with Gasteiger partial charge in [0.1, 0.15) is 11.6 Å². The van der Waals surface area contributed by atoms with Crippen LogP contribution in [0, 0.1) is 17.6 Å². The third-order valence-corrected chi connectivity index (χ3v) is 7.71. The summed E-state index contributed by atoms with van der Waals surface area (Å²) >= 11 is 0. The first-order valence-electron chi connectivity index (χ1n) is 13.8. The Labute approximate surface area is 242 Å². The van der Waals surface area contributed by atoms with Crippen molar-refractivity contribution in [1.82, 2.24) is 25.4 Å². The number of nitrogens with one attached hydrogen (secondary N) is 2. The number of aliphatic hydroxyl groups is 1. The number of hydrogen-bond acceptors (Lipinski definition) is 6. The Hall–Kier alpha value is -4.38. The highest BCUT2D eigenvalue weighted by Gasteiger charge is 2.29. The molecule has 2 aromatic heterocycles. The second-order valence-electron chi connectivity index (χ2n) is 11.5. The molecule has 42 heavy (non-hydrogen) atoms. The van der Waals surface area contributed by atoms with Crippen LogP contribution in [0.3, 0.4) is 0 Å². The van der Waals surface area contributed by atoms with Crippen molar-refractivity contribution in [3.63, 3.8) is 0 Å². The summed E-state index contributed by atoms with van der Waals surface area (Å²) in [6.07, 6.45) is 2.97. The molecule has 1 aliphatic rings. The van der Waals surface area contributed by atoms with Gasteiger partial charge in [0.05, 0.1) is 16.6 Å². The molecular weight excluding hydrogens is 542 g/mol. The number of carbonyl (C=O) groups is 2. The van der Waals surface area contributed by atoms with Gasteiger partial charge in [0.25, 0.3) is 5.91 Å². The van der Waals surface area contributed by atoms with E-state index in [1.54, 1.807) is 43.4 Å². The first-order chi connectivity index (χ1) is 19.9. The van der Waals surface area contributed by atoms with E-state index in [1.165, 1.54) is 32.0 Å². The average molecular weight is 577 g/mol. The molecule has 220 valence electrons. The maximum Gasteiger partial charge on any atom is 0.254 e. The van der Waals surface area contributed by atoms with Crippen molar-refractivity contribution in [1.29, 1.82) is 0 Å². The SMILES string of the molecule is CN(C)C(=O)C[C@@H]1CCN(c2n[nH]c3nccc(-c4ccc(CNC(=O)c5ccc(C(C)(C)O)cc5F)c(F)c4)c23)C1. The van der Waals surface area contributed by atoms with Gasteiger partial charge in [-0.05, 0) is 67.1 Å². The standard InChI is InChI=1S/C31H34F2N6O3/c1-31(2,42)21-7-8-23(25(33)15-21)30(41)35-16-20-6-5-19(14-24(20)32)22-9-11-34-28-27(22)29(37-36-28)39-12-10-18(17-39)13-26(40)38(3)4/h5-9,11,14-15,18,42H,10,12-13,16-17H2,1-4H3,(H,35,41)(H,34,36,37)/t18-/m0/s1. The van der Waals surface area contributed by atoms with E-state index in [2.05, 4.69) is 25.4 Å². The highest BCUT2D eigenvalue weighted by atomic mass is 19.1. The summed E-state index contributed by atoms with van der Waals surface area (Å²) in [7, 11) is 3.51.